The van der Waals surface area contributed by atoms with E-state index in [1.54, 1.807) is 0 Å². The number of esters is 4. The van der Waals surface area contributed by atoms with E-state index >= 15 is 0 Å². The number of unbranched alkanes of at least 4 members (excludes halogenated alkanes) is 2. The van der Waals surface area contributed by atoms with Crippen molar-refractivity contribution in [2.45, 2.75) is 91.9 Å². The lowest BCUT2D eigenvalue weighted by Crippen LogP contribution is -2.27. The lowest BCUT2D eigenvalue weighted by atomic mass is 9.99. The Morgan fingerprint density at radius 1 is 0.562 bits per heavy atom. The first kappa shape index (κ1) is 42.2. The fourth-order valence-corrected chi connectivity index (χ4v) is 6.16. The molecule has 14 heteroatoms. The monoisotopic (exact) mass is 786 g/mol. The number of carbonyl (C=O) groups is 4. The zero-order chi connectivity index (χ0) is 36.0. The molecule has 8 nitrogen and oxygen atoms in total. The zero-order valence-corrected chi connectivity index (χ0v) is 31.9. The van der Waals surface area contributed by atoms with Crippen molar-refractivity contribution in [1.29, 1.82) is 0 Å². The average molecular weight is 789 g/mol. The third kappa shape index (κ3) is 12.7. The molecule has 0 spiro atoms. The molecule has 2 aromatic rings. The van der Waals surface area contributed by atoms with Crippen LogP contribution >= 0.6 is 69.6 Å². The predicted octanol–water partition coefficient (Wildman–Crippen LogP) is 11.6. The lowest BCUT2D eigenvalue weighted by Gasteiger charge is -2.16. The maximum absolute atomic E-state index is 13.0. The van der Waals surface area contributed by atoms with Gasteiger partial charge >= 0.3 is 23.9 Å². The summed E-state index contributed by atoms with van der Waals surface area (Å²) >= 11 is 37.3. The summed E-state index contributed by atoms with van der Waals surface area (Å²) in [6, 6.07) is 2.25. The van der Waals surface area contributed by atoms with Crippen LogP contribution in [0.1, 0.15) is 113 Å². The standard InChI is InChI=1S/C34H40Cl6O8/c1-5-7-11-19(3)13-9-15-45-31(41)25-27(39)21(35)17-23(37)29(25)47-33(43)34(44)48-30-24(38)18-22(36)28(40)26(30)32(42)46-16-10-14-20(4)12-8-6-2/h17-20H,5-16H2,1-4H3. The Hall–Kier alpha value is -1.94. The zero-order valence-electron chi connectivity index (χ0n) is 27.3. The Morgan fingerprint density at radius 3 is 1.23 bits per heavy atom. The van der Waals surface area contributed by atoms with Gasteiger partial charge in [0.1, 0.15) is 11.1 Å². The number of halogens is 6. The van der Waals surface area contributed by atoms with Gasteiger partial charge in [0.2, 0.25) is 0 Å². The second-order valence-electron chi connectivity index (χ2n) is 11.5. The van der Waals surface area contributed by atoms with Gasteiger partial charge in [-0.2, -0.15) is 0 Å². The van der Waals surface area contributed by atoms with Gasteiger partial charge in [0, 0.05) is 0 Å². The summed E-state index contributed by atoms with van der Waals surface area (Å²) in [5.74, 6) is -5.49. The molecule has 2 atom stereocenters. The first-order valence-corrected chi connectivity index (χ1v) is 18.1. The molecule has 2 rings (SSSR count). The summed E-state index contributed by atoms with van der Waals surface area (Å²) in [5, 5.41) is -1.49. The number of rotatable bonds is 18. The van der Waals surface area contributed by atoms with E-state index in [0.717, 1.165) is 63.5 Å². The van der Waals surface area contributed by atoms with E-state index in [1.807, 2.05) is 0 Å². The van der Waals surface area contributed by atoms with Crippen LogP contribution < -0.4 is 9.47 Å². The van der Waals surface area contributed by atoms with Crippen molar-refractivity contribution in [3.05, 3.63) is 53.4 Å². The minimum Gasteiger partial charge on any atom is -0.462 e. The van der Waals surface area contributed by atoms with Crippen molar-refractivity contribution < 1.29 is 38.1 Å². The maximum atomic E-state index is 13.0. The van der Waals surface area contributed by atoms with Crippen molar-refractivity contribution in [2.24, 2.45) is 11.8 Å². The predicted molar refractivity (Wildman–Crippen MR) is 191 cm³/mol. The molecule has 0 aliphatic heterocycles. The fraction of sp³-hybridized carbons (Fsp3) is 0.529. The van der Waals surface area contributed by atoms with Gasteiger partial charge in [0.15, 0.2) is 11.5 Å². The highest BCUT2D eigenvalue weighted by atomic mass is 35.5. The second-order valence-corrected chi connectivity index (χ2v) is 13.9. The highest BCUT2D eigenvalue weighted by molar-refractivity contribution is 6.47. The maximum Gasteiger partial charge on any atom is 0.423 e. The van der Waals surface area contributed by atoms with E-state index in [2.05, 4.69) is 27.7 Å². The summed E-state index contributed by atoms with van der Waals surface area (Å²) in [6.07, 6.45) is 9.34. The van der Waals surface area contributed by atoms with Crippen LogP contribution in [0, 0.1) is 11.8 Å². The summed E-state index contributed by atoms with van der Waals surface area (Å²) in [4.78, 5) is 52.0. The number of benzene rings is 2. The molecule has 0 heterocycles. The van der Waals surface area contributed by atoms with Crippen molar-refractivity contribution in [1.82, 2.24) is 0 Å². The molecule has 0 N–H and O–H groups in total. The van der Waals surface area contributed by atoms with Gasteiger partial charge in [-0.25, -0.2) is 19.2 Å². The summed E-state index contributed by atoms with van der Waals surface area (Å²) < 4.78 is 21.1. The van der Waals surface area contributed by atoms with Crippen LogP contribution in [-0.4, -0.2) is 37.1 Å². The highest BCUT2D eigenvalue weighted by Gasteiger charge is 2.32. The SMILES string of the molecule is CCCCC(C)CCCOC(=O)c1c(Cl)c(Cl)cc(Cl)c1OC(=O)C(=O)Oc1c(Cl)cc(Cl)c(Cl)c1C(=O)OCCCC(C)CCCC. The Balaban J connectivity index is 2.21. The van der Waals surface area contributed by atoms with Gasteiger partial charge in [0.25, 0.3) is 0 Å². The third-order valence-corrected chi connectivity index (χ3v) is 9.60. The van der Waals surface area contributed by atoms with Gasteiger partial charge in [-0.15, -0.1) is 0 Å². The Labute approximate surface area is 311 Å². The van der Waals surface area contributed by atoms with Crippen LogP contribution in [0.2, 0.25) is 30.1 Å². The summed E-state index contributed by atoms with van der Waals surface area (Å²) in [7, 11) is 0. The molecule has 0 bridgehead atoms. The van der Waals surface area contributed by atoms with Crippen molar-refractivity contribution >= 4 is 93.5 Å². The molecule has 48 heavy (non-hydrogen) atoms. The Bertz CT molecular complexity index is 1340. The minimum absolute atomic E-state index is 0.0533. The van der Waals surface area contributed by atoms with Gasteiger partial charge < -0.3 is 18.9 Å². The molecule has 0 amide bonds. The van der Waals surface area contributed by atoms with Crippen molar-refractivity contribution in [2.75, 3.05) is 13.2 Å². The molecule has 266 valence electrons. The van der Waals surface area contributed by atoms with Crippen molar-refractivity contribution in [3.8, 4) is 11.5 Å². The van der Waals surface area contributed by atoms with Crippen LogP contribution in [0.4, 0.5) is 0 Å². The number of ether oxygens (including phenoxy) is 4. The molecule has 0 fully saturated rings. The highest BCUT2D eigenvalue weighted by Crippen LogP contribution is 2.41. The quantitative estimate of drug-likeness (QED) is 0.0483. The van der Waals surface area contributed by atoms with Crippen LogP contribution in [0.5, 0.6) is 11.5 Å². The van der Waals surface area contributed by atoms with Crippen LogP contribution in [-0.2, 0) is 19.1 Å². The Morgan fingerprint density at radius 2 is 0.896 bits per heavy atom. The van der Waals surface area contributed by atoms with Crippen LogP contribution in [0.25, 0.3) is 0 Å². The molecule has 0 aliphatic rings. The Kier molecular flexibility index (Phi) is 18.8. The lowest BCUT2D eigenvalue weighted by molar-refractivity contribution is -0.156. The second kappa shape index (κ2) is 21.3. The number of hydrogen-bond acceptors (Lipinski definition) is 8. The molecule has 0 saturated heterocycles. The van der Waals surface area contributed by atoms with E-state index in [1.165, 1.54) is 0 Å². The van der Waals surface area contributed by atoms with Crippen LogP contribution in [0.3, 0.4) is 0 Å². The first-order valence-electron chi connectivity index (χ1n) is 15.9. The summed E-state index contributed by atoms with van der Waals surface area (Å²) in [6.45, 7) is 8.58. The van der Waals surface area contributed by atoms with Crippen molar-refractivity contribution in [3.63, 3.8) is 0 Å². The average Bonchev–Trinajstić information content (AvgIpc) is 3.04. The molecule has 0 aromatic heterocycles. The molecule has 2 aromatic carbocycles. The van der Waals surface area contributed by atoms with E-state index < -0.39 is 46.5 Å². The van der Waals surface area contributed by atoms with E-state index in [-0.39, 0.29) is 43.3 Å². The largest absolute Gasteiger partial charge is 0.462 e. The van der Waals surface area contributed by atoms with Gasteiger partial charge in [-0.1, -0.05) is 136 Å². The van der Waals surface area contributed by atoms with Gasteiger partial charge in [-0.3, -0.25) is 0 Å². The topological polar surface area (TPSA) is 105 Å². The van der Waals surface area contributed by atoms with E-state index in [0.29, 0.717) is 24.7 Å². The van der Waals surface area contributed by atoms with Gasteiger partial charge in [0.05, 0.1) is 43.3 Å². The van der Waals surface area contributed by atoms with Crippen LogP contribution in [0.15, 0.2) is 12.1 Å². The molecular formula is C34H40Cl6O8. The minimum atomic E-state index is -1.64. The molecule has 0 aliphatic carbocycles. The fourth-order valence-electron chi connectivity index (χ4n) is 4.72. The summed E-state index contributed by atoms with van der Waals surface area (Å²) in [5.41, 5.74) is -0.926. The number of hydrogen-bond donors (Lipinski definition) is 0. The molecule has 0 saturated carbocycles. The third-order valence-electron chi connectivity index (χ3n) is 7.47. The molecule has 2 unspecified atom stereocenters. The normalized spacial score (nSPS) is 12.3. The smallest absolute Gasteiger partial charge is 0.423 e. The molecule has 0 radical (unpaired) electrons. The van der Waals surface area contributed by atoms with Gasteiger partial charge in [-0.05, 0) is 49.7 Å². The van der Waals surface area contributed by atoms with E-state index in [4.69, 9.17) is 88.6 Å². The van der Waals surface area contributed by atoms with E-state index in [9.17, 15) is 19.2 Å². The number of carbonyl (C=O) groups excluding carboxylic acids is 4. The molecular weight excluding hydrogens is 749 g/mol. The first-order chi connectivity index (χ1) is 22.7.